The number of hydrogen-bond acceptors (Lipinski definition) is 3. The Morgan fingerprint density at radius 1 is 1.32 bits per heavy atom. The molecule has 1 aromatic carbocycles. The highest BCUT2D eigenvalue weighted by molar-refractivity contribution is 5.84. The van der Waals surface area contributed by atoms with E-state index >= 15 is 0 Å². The van der Waals surface area contributed by atoms with Gasteiger partial charge in [-0.1, -0.05) is 32.9 Å². The molecule has 1 aliphatic heterocycles. The molecule has 0 unspecified atom stereocenters. The monoisotopic (exact) mass is 306 g/mol. The van der Waals surface area contributed by atoms with Crippen molar-refractivity contribution in [2.75, 3.05) is 13.1 Å². The quantitative estimate of drug-likeness (QED) is 0.893. The molecule has 0 aliphatic carbocycles. The number of carboxylic acid groups (broad SMARTS) is 1. The molecule has 22 heavy (non-hydrogen) atoms. The zero-order valence-electron chi connectivity index (χ0n) is 13.1. The van der Waals surface area contributed by atoms with Gasteiger partial charge in [0, 0.05) is 19.6 Å². The van der Waals surface area contributed by atoms with Gasteiger partial charge in [-0.15, -0.1) is 0 Å². The largest absolute Gasteiger partial charge is 0.508 e. The summed E-state index contributed by atoms with van der Waals surface area (Å²) in [6.45, 7) is 6.69. The molecule has 2 amide bonds. The van der Waals surface area contributed by atoms with Gasteiger partial charge >= 0.3 is 12.0 Å². The molecule has 1 aliphatic rings. The Morgan fingerprint density at radius 3 is 2.55 bits per heavy atom. The fourth-order valence-corrected chi connectivity index (χ4v) is 2.83. The zero-order valence-corrected chi connectivity index (χ0v) is 13.1. The van der Waals surface area contributed by atoms with Crippen LogP contribution >= 0.6 is 0 Å². The smallest absolute Gasteiger partial charge is 0.327 e. The van der Waals surface area contributed by atoms with Crippen LogP contribution in [0, 0.1) is 5.41 Å². The molecule has 1 aromatic rings. The number of phenols is 1. The summed E-state index contributed by atoms with van der Waals surface area (Å²) in [5.41, 5.74) is 0.278. The highest BCUT2D eigenvalue weighted by Crippen LogP contribution is 2.28. The Bertz CT molecular complexity index is 580. The molecule has 6 nitrogen and oxygen atoms in total. The number of urea groups is 1. The molecular formula is C16H22N2O4. The predicted octanol–water partition coefficient (Wildman–Crippen LogP) is 2.13. The van der Waals surface area contributed by atoms with Crippen LogP contribution in [0.25, 0.3) is 0 Å². The molecule has 6 heteroatoms. The molecule has 120 valence electrons. The van der Waals surface area contributed by atoms with Crippen molar-refractivity contribution in [1.29, 1.82) is 0 Å². The van der Waals surface area contributed by atoms with Crippen LogP contribution in [0.15, 0.2) is 24.3 Å². The highest BCUT2D eigenvalue weighted by Gasteiger charge is 2.43. The van der Waals surface area contributed by atoms with Gasteiger partial charge in [-0.3, -0.25) is 0 Å². The summed E-state index contributed by atoms with van der Waals surface area (Å²) in [5.74, 6) is -0.834. The van der Waals surface area contributed by atoms with Gasteiger partial charge in [0.05, 0.1) is 0 Å². The van der Waals surface area contributed by atoms with E-state index in [1.165, 1.54) is 4.90 Å². The number of benzene rings is 1. The topological polar surface area (TPSA) is 81.1 Å². The second kappa shape index (κ2) is 5.87. The van der Waals surface area contributed by atoms with E-state index in [0.29, 0.717) is 19.6 Å². The van der Waals surface area contributed by atoms with E-state index in [2.05, 4.69) is 0 Å². The molecule has 0 bridgehead atoms. The average Bonchev–Trinajstić information content (AvgIpc) is 2.70. The fraction of sp³-hybridized carbons (Fsp3) is 0.500. The third-order valence-corrected chi connectivity index (χ3v) is 3.78. The van der Waals surface area contributed by atoms with Crippen LogP contribution in [-0.4, -0.2) is 51.1 Å². The van der Waals surface area contributed by atoms with Crippen LogP contribution in [0.1, 0.15) is 26.3 Å². The number of nitrogens with zero attached hydrogens (tertiary/aromatic N) is 2. The van der Waals surface area contributed by atoms with E-state index in [1.807, 2.05) is 26.8 Å². The van der Waals surface area contributed by atoms with E-state index in [0.717, 1.165) is 5.56 Å². The molecule has 0 radical (unpaired) electrons. The van der Waals surface area contributed by atoms with Crippen molar-refractivity contribution in [2.45, 2.75) is 33.4 Å². The van der Waals surface area contributed by atoms with E-state index in [4.69, 9.17) is 0 Å². The van der Waals surface area contributed by atoms with Crippen LogP contribution in [-0.2, 0) is 11.3 Å². The van der Waals surface area contributed by atoms with E-state index in [1.54, 1.807) is 23.1 Å². The first kappa shape index (κ1) is 16.1. The third-order valence-electron chi connectivity index (χ3n) is 3.78. The molecule has 0 saturated carbocycles. The number of carboxylic acids is 1. The Kier molecular flexibility index (Phi) is 4.30. The predicted molar refractivity (Wildman–Crippen MR) is 81.5 cm³/mol. The van der Waals surface area contributed by atoms with Crippen molar-refractivity contribution in [3.05, 3.63) is 29.8 Å². The molecule has 0 aromatic heterocycles. The van der Waals surface area contributed by atoms with Crippen molar-refractivity contribution in [3.63, 3.8) is 0 Å². The molecule has 1 atom stereocenters. The third kappa shape index (κ3) is 3.32. The van der Waals surface area contributed by atoms with E-state index < -0.39 is 17.4 Å². The summed E-state index contributed by atoms with van der Waals surface area (Å²) in [6.07, 6.45) is 0. The van der Waals surface area contributed by atoms with Gasteiger partial charge in [-0.25, -0.2) is 9.59 Å². The lowest BCUT2D eigenvalue weighted by Gasteiger charge is -2.34. The van der Waals surface area contributed by atoms with Crippen LogP contribution < -0.4 is 0 Å². The second-order valence-corrected chi connectivity index (χ2v) is 6.67. The minimum Gasteiger partial charge on any atom is -0.508 e. The zero-order chi connectivity index (χ0) is 16.5. The van der Waals surface area contributed by atoms with Crippen LogP contribution in [0.3, 0.4) is 0 Å². The van der Waals surface area contributed by atoms with Gasteiger partial charge in [0.1, 0.15) is 11.8 Å². The maximum absolute atomic E-state index is 12.5. The Labute approximate surface area is 130 Å². The molecular weight excluding hydrogens is 284 g/mol. The van der Waals surface area contributed by atoms with Gasteiger partial charge in [0.25, 0.3) is 0 Å². The van der Waals surface area contributed by atoms with Crippen LogP contribution in [0.2, 0.25) is 0 Å². The lowest BCUT2D eigenvalue weighted by Crippen LogP contribution is -2.50. The number of amides is 2. The average molecular weight is 306 g/mol. The fourth-order valence-electron chi connectivity index (χ4n) is 2.83. The number of hydrogen-bond donors (Lipinski definition) is 2. The first-order chi connectivity index (χ1) is 10.2. The minimum atomic E-state index is -0.986. The molecule has 2 rings (SSSR count). The summed E-state index contributed by atoms with van der Waals surface area (Å²) < 4.78 is 0. The number of carbonyl (C=O) groups excluding carboxylic acids is 1. The molecule has 1 fully saturated rings. The van der Waals surface area contributed by atoms with Gasteiger partial charge < -0.3 is 20.0 Å². The van der Waals surface area contributed by atoms with Gasteiger partial charge in [0.15, 0.2) is 0 Å². The molecule has 0 spiro atoms. The van der Waals surface area contributed by atoms with Crippen molar-refractivity contribution in [3.8, 4) is 5.75 Å². The van der Waals surface area contributed by atoms with E-state index in [9.17, 15) is 19.8 Å². The first-order valence-electron chi connectivity index (χ1n) is 7.26. The molecule has 2 N–H and O–H groups in total. The first-order valence-corrected chi connectivity index (χ1v) is 7.26. The Balaban J connectivity index is 2.14. The van der Waals surface area contributed by atoms with Crippen molar-refractivity contribution < 1.29 is 19.8 Å². The Hall–Kier alpha value is -2.24. The van der Waals surface area contributed by atoms with Gasteiger partial charge in [0.2, 0.25) is 0 Å². The number of phenolic OH excluding ortho intramolecular Hbond substituents is 1. The van der Waals surface area contributed by atoms with Crippen molar-refractivity contribution in [1.82, 2.24) is 9.80 Å². The maximum atomic E-state index is 12.5. The summed E-state index contributed by atoms with van der Waals surface area (Å²) in [4.78, 5) is 27.1. The maximum Gasteiger partial charge on any atom is 0.327 e. The highest BCUT2D eigenvalue weighted by atomic mass is 16.4. The van der Waals surface area contributed by atoms with Crippen molar-refractivity contribution >= 4 is 12.0 Å². The van der Waals surface area contributed by atoms with Crippen LogP contribution in [0.4, 0.5) is 4.79 Å². The molecule has 1 saturated heterocycles. The SMILES string of the molecule is CC(C)(C)[C@@H](C(=O)O)N1CCN(Cc2cccc(O)c2)C1=O. The summed E-state index contributed by atoms with van der Waals surface area (Å²) in [7, 11) is 0. The summed E-state index contributed by atoms with van der Waals surface area (Å²) >= 11 is 0. The minimum absolute atomic E-state index is 0.152. The number of rotatable bonds is 4. The van der Waals surface area contributed by atoms with Gasteiger partial charge in [-0.05, 0) is 23.1 Å². The number of aliphatic carboxylic acids is 1. The summed E-state index contributed by atoms with van der Waals surface area (Å²) in [5, 5.41) is 18.9. The number of carbonyl (C=O) groups is 2. The second-order valence-electron chi connectivity index (χ2n) is 6.67. The van der Waals surface area contributed by atoms with Crippen molar-refractivity contribution in [2.24, 2.45) is 5.41 Å². The van der Waals surface area contributed by atoms with E-state index in [-0.39, 0.29) is 11.8 Å². The lowest BCUT2D eigenvalue weighted by atomic mass is 9.86. The Morgan fingerprint density at radius 2 is 2.00 bits per heavy atom. The normalized spacial score (nSPS) is 17.0. The lowest BCUT2D eigenvalue weighted by molar-refractivity contribution is -0.145. The standard InChI is InChI=1S/C16H22N2O4/c1-16(2,3)13(14(20)21)18-8-7-17(15(18)22)10-11-5-4-6-12(19)9-11/h4-6,9,13,19H,7-8,10H2,1-3H3,(H,20,21)/t13-/m1/s1. The molecule has 1 heterocycles. The van der Waals surface area contributed by atoms with Gasteiger partial charge in [-0.2, -0.15) is 0 Å². The number of aromatic hydroxyl groups is 1. The van der Waals surface area contributed by atoms with Crippen LogP contribution in [0.5, 0.6) is 5.75 Å². The summed E-state index contributed by atoms with van der Waals surface area (Å²) in [6, 6.07) is 5.60.